The number of nitrogen functional groups attached to an aromatic ring is 1. The molecule has 8 heteroatoms. The van der Waals surface area contributed by atoms with Gasteiger partial charge in [-0.2, -0.15) is 0 Å². The summed E-state index contributed by atoms with van der Waals surface area (Å²) in [5.74, 6) is -0.843. The lowest BCUT2D eigenvalue weighted by Gasteiger charge is -2.29. The molecule has 2 aromatic rings. The molecule has 1 aromatic heterocycles. The van der Waals surface area contributed by atoms with Gasteiger partial charge in [0.05, 0.1) is 17.6 Å². The number of rotatable bonds is 5. The van der Waals surface area contributed by atoms with E-state index in [9.17, 15) is 14.4 Å². The Bertz CT molecular complexity index is 941. The molecule has 0 aliphatic carbocycles. The topological polar surface area (TPSA) is 117 Å². The van der Waals surface area contributed by atoms with Gasteiger partial charge in [0, 0.05) is 31.6 Å². The molecule has 8 nitrogen and oxygen atoms in total. The average molecular weight is 379 g/mol. The van der Waals surface area contributed by atoms with Gasteiger partial charge >= 0.3 is 0 Å². The highest BCUT2D eigenvalue weighted by Crippen LogP contribution is 2.29. The maximum atomic E-state index is 12.8. The Balaban J connectivity index is 1.46. The van der Waals surface area contributed by atoms with Gasteiger partial charge in [-0.3, -0.25) is 24.7 Å². The first-order valence-corrected chi connectivity index (χ1v) is 9.19. The van der Waals surface area contributed by atoms with E-state index in [1.54, 1.807) is 23.2 Å². The second-order valence-electron chi connectivity index (χ2n) is 7.03. The predicted molar refractivity (Wildman–Crippen MR) is 102 cm³/mol. The smallest absolute Gasteiger partial charge is 0.255 e. The molecular formula is C20H21N5O3. The van der Waals surface area contributed by atoms with E-state index in [4.69, 9.17) is 5.73 Å². The number of hydrogen-bond donors (Lipinski definition) is 3. The lowest BCUT2D eigenvalue weighted by atomic mass is 10.0. The van der Waals surface area contributed by atoms with Gasteiger partial charge in [-0.15, -0.1) is 0 Å². The normalized spacial score (nSPS) is 18.9. The number of pyridine rings is 1. The van der Waals surface area contributed by atoms with Gasteiger partial charge in [-0.25, -0.2) is 0 Å². The van der Waals surface area contributed by atoms with Crippen LogP contribution in [0.5, 0.6) is 0 Å². The zero-order chi connectivity index (χ0) is 19.7. The molecule has 1 fully saturated rings. The van der Waals surface area contributed by atoms with Crippen LogP contribution < -0.4 is 16.4 Å². The molecule has 28 heavy (non-hydrogen) atoms. The Morgan fingerprint density at radius 3 is 2.79 bits per heavy atom. The van der Waals surface area contributed by atoms with Crippen LogP contribution in [-0.2, 0) is 29.2 Å². The first kappa shape index (κ1) is 18.1. The number of aromatic nitrogens is 1. The van der Waals surface area contributed by atoms with Crippen molar-refractivity contribution >= 4 is 23.4 Å². The third-order valence-corrected chi connectivity index (χ3v) is 5.15. The van der Waals surface area contributed by atoms with Crippen LogP contribution >= 0.6 is 0 Å². The number of carbonyl (C=O) groups is 3. The van der Waals surface area contributed by atoms with E-state index in [0.717, 1.165) is 16.8 Å². The first-order chi connectivity index (χ1) is 13.5. The van der Waals surface area contributed by atoms with Crippen LogP contribution in [0.1, 0.15) is 40.0 Å². The number of nitrogens with two attached hydrogens (primary N) is 1. The highest BCUT2D eigenvalue weighted by Gasteiger charge is 2.39. The van der Waals surface area contributed by atoms with Gasteiger partial charge in [0.2, 0.25) is 11.8 Å². The van der Waals surface area contributed by atoms with Crippen molar-refractivity contribution < 1.29 is 14.4 Å². The van der Waals surface area contributed by atoms with E-state index < -0.39 is 11.9 Å². The zero-order valence-electron chi connectivity index (χ0n) is 15.3. The second-order valence-corrected chi connectivity index (χ2v) is 7.03. The molecule has 2 aliphatic rings. The number of nitrogens with zero attached hydrogens (tertiary/aromatic N) is 2. The average Bonchev–Trinajstić information content (AvgIpc) is 3.01. The summed E-state index contributed by atoms with van der Waals surface area (Å²) in [5.41, 5.74) is 9.70. The van der Waals surface area contributed by atoms with E-state index in [2.05, 4.69) is 15.6 Å². The number of fused-ring (bicyclic) bond motifs is 1. The highest BCUT2D eigenvalue weighted by molar-refractivity contribution is 6.05. The number of benzene rings is 1. The maximum Gasteiger partial charge on any atom is 0.255 e. The van der Waals surface area contributed by atoms with Crippen molar-refractivity contribution in [2.24, 2.45) is 0 Å². The lowest BCUT2D eigenvalue weighted by molar-refractivity contribution is -0.136. The van der Waals surface area contributed by atoms with E-state index in [0.29, 0.717) is 37.3 Å². The summed E-state index contributed by atoms with van der Waals surface area (Å²) in [6, 6.07) is 8.69. The summed E-state index contributed by atoms with van der Waals surface area (Å²) < 4.78 is 0. The molecule has 0 spiro atoms. The standard InChI is InChI=1S/C20H21N5O3/c21-13-4-5-14(23-9-13)10-22-8-12-2-1-3-15-16(12)11-25(20(15)28)17-6-7-18(26)24-19(17)27/h1-5,9,17,22H,6-8,10-11,21H2,(H,24,26,27). The third kappa shape index (κ3) is 3.46. The van der Waals surface area contributed by atoms with E-state index in [1.165, 1.54) is 0 Å². The van der Waals surface area contributed by atoms with Crippen LogP contribution in [0, 0.1) is 0 Å². The number of hydrogen-bond acceptors (Lipinski definition) is 6. The Labute approximate surface area is 162 Å². The van der Waals surface area contributed by atoms with Crippen LogP contribution in [0.4, 0.5) is 5.69 Å². The fourth-order valence-electron chi connectivity index (χ4n) is 3.68. The van der Waals surface area contributed by atoms with Crippen molar-refractivity contribution in [1.82, 2.24) is 20.5 Å². The molecule has 1 atom stereocenters. The summed E-state index contributed by atoms with van der Waals surface area (Å²) in [4.78, 5) is 42.2. The largest absolute Gasteiger partial charge is 0.397 e. The number of imide groups is 1. The van der Waals surface area contributed by atoms with Gasteiger partial charge in [0.1, 0.15) is 6.04 Å². The third-order valence-electron chi connectivity index (χ3n) is 5.15. The number of nitrogens with one attached hydrogen (secondary N) is 2. The Morgan fingerprint density at radius 1 is 1.18 bits per heavy atom. The molecule has 1 aromatic carbocycles. The number of amides is 3. The molecular weight excluding hydrogens is 358 g/mol. The SMILES string of the molecule is Nc1ccc(CNCc2cccc3c2CN(C2CCC(=O)NC2=O)C3=O)nc1. The van der Waals surface area contributed by atoms with Crippen LogP contribution in [0.25, 0.3) is 0 Å². The fourth-order valence-corrected chi connectivity index (χ4v) is 3.68. The van der Waals surface area contributed by atoms with Crippen LogP contribution in [0.2, 0.25) is 0 Å². The van der Waals surface area contributed by atoms with Crippen LogP contribution in [0.3, 0.4) is 0 Å². The molecule has 144 valence electrons. The van der Waals surface area contributed by atoms with E-state index in [1.807, 2.05) is 18.2 Å². The molecule has 0 bridgehead atoms. The lowest BCUT2D eigenvalue weighted by Crippen LogP contribution is -2.52. The van der Waals surface area contributed by atoms with Crippen molar-refractivity contribution in [2.45, 2.75) is 38.5 Å². The Kier molecular flexibility index (Phi) is 4.79. The van der Waals surface area contributed by atoms with Crippen molar-refractivity contribution in [3.63, 3.8) is 0 Å². The minimum atomic E-state index is -0.600. The molecule has 1 unspecified atom stereocenters. The molecule has 2 aliphatic heterocycles. The van der Waals surface area contributed by atoms with Crippen LogP contribution in [-0.4, -0.2) is 33.6 Å². The summed E-state index contributed by atoms with van der Waals surface area (Å²) in [6.45, 7) is 1.53. The molecule has 0 saturated carbocycles. The Hall–Kier alpha value is -3.26. The molecule has 3 heterocycles. The molecule has 1 saturated heterocycles. The number of anilines is 1. The quantitative estimate of drug-likeness (QED) is 0.659. The predicted octanol–water partition coefficient (Wildman–Crippen LogP) is 0.715. The van der Waals surface area contributed by atoms with Crippen molar-refractivity contribution in [2.75, 3.05) is 5.73 Å². The number of carbonyl (C=O) groups excluding carboxylic acids is 3. The first-order valence-electron chi connectivity index (χ1n) is 9.19. The molecule has 4 N–H and O–H groups in total. The van der Waals surface area contributed by atoms with E-state index >= 15 is 0 Å². The minimum absolute atomic E-state index is 0.161. The number of piperidine rings is 1. The maximum absolute atomic E-state index is 12.8. The zero-order valence-corrected chi connectivity index (χ0v) is 15.3. The van der Waals surface area contributed by atoms with Crippen molar-refractivity contribution in [3.05, 3.63) is 58.9 Å². The van der Waals surface area contributed by atoms with Gasteiger partial charge in [0.25, 0.3) is 5.91 Å². The monoisotopic (exact) mass is 379 g/mol. The molecule has 4 rings (SSSR count). The molecule has 3 amide bonds. The Morgan fingerprint density at radius 2 is 2.04 bits per heavy atom. The summed E-state index contributed by atoms with van der Waals surface area (Å²) >= 11 is 0. The van der Waals surface area contributed by atoms with Crippen molar-refractivity contribution in [1.29, 1.82) is 0 Å². The van der Waals surface area contributed by atoms with Crippen LogP contribution in [0.15, 0.2) is 36.5 Å². The van der Waals surface area contributed by atoms with Gasteiger partial charge < -0.3 is 16.0 Å². The minimum Gasteiger partial charge on any atom is -0.397 e. The second kappa shape index (κ2) is 7.40. The fraction of sp³-hybridized carbons (Fsp3) is 0.300. The van der Waals surface area contributed by atoms with Gasteiger partial charge in [-0.05, 0) is 35.7 Å². The van der Waals surface area contributed by atoms with E-state index in [-0.39, 0.29) is 18.2 Å². The van der Waals surface area contributed by atoms with Gasteiger partial charge in [-0.1, -0.05) is 12.1 Å². The highest BCUT2D eigenvalue weighted by atomic mass is 16.2. The molecule has 0 radical (unpaired) electrons. The summed E-state index contributed by atoms with van der Waals surface area (Å²) in [7, 11) is 0. The summed E-state index contributed by atoms with van der Waals surface area (Å²) in [5, 5.41) is 5.66. The van der Waals surface area contributed by atoms with Gasteiger partial charge in [0.15, 0.2) is 0 Å². The van der Waals surface area contributed by atoms with Crippen molar-refractivity contribution in [3.8, 4) is 0 Å². The summed E-state index contributed by atoms with van der Waals surface area (Å²) in [6.07, 6.45) is 2.23.